The third-order valence-corrected chi connectivity index (χ3v) is 9.86. The minimum atomic E-state index is -1.95. The fourth-order valence-electron chi connectivity index (χ4n) is 2.24. The molecule has 0 fully saturated rings. The van der Waals surface area contributed by atoms with Crippen LogP contribution in [0, 0.1) is 0 Å². The topological polar surface area (TPSA) is 54.0 Å². The van der Waals surface area contributed by atoms with Crippen LogP contribution < -0.4 is 4.74 Å². The van der Waals surface area contributed by atoms with Crippen LogP contribution in [0.4, 0.5) is 0 Å². The second kappa shape index (κ2) is 10.8. The Kier molecular flexibility index (Phi) is 9.40. The summed E-state index contributed by atoms with van der Waals surface area (Å²) in [6.45, 7) is 14.2. The van der Waals surface area contributed by atoms with Crippen molar-refractivity contribution in [3.05, 3.63) is 41.0 Å². The van der Waals surface area contributed by atoms with E-state index < -0.39 is 8.32 Å². The number of ether oxygens (including phenoxy) is 3. The van der Waals surface area contributed by atoms with E-state index in [4.69, 9.17) is 18.6 Å². The summed E-state index contributed by atoms with van der Waals surface area (Å²) in [5, 5.41) is 0.0869. The van der Waals surface area contributed by atoms with E-state index in [-0.39, 0.29) is 17.6 Å². The number of carbonyl (C=O) groups excluding carboxylic acids is 1. The van der Waals surface area contributed by atoms with Crippen molar-refractivity contribution >= 4 is 14.3 Å². The van der Waals surface area contributed by atoms with Crippen LogP contribution in [0.25, 0.3) is 0 Å². The molecular formula is C22H36O5Si. The van der Waals surface area contributed by atoms with E-state index >= 15 is 0 Å². The van der Waals surface area contributed by atoms with Gasteiger partial charge in [0.15, 0.2) is 8.32 Å². The van der Waals surface area contributed by atoms with Gasteiger partial charge in [-0.3, -0.25) is 0 Å². The van der Waals surface area contributed by atoms with E-state index in [2.05, 4.69) is 33.9 Å². The Morgan fingerprint density at radius 3 is 2.18 bits per heavy atom. The van der Waals surface area contributed by atoms with Crippen LogP contribution in [-0.4, -0.2) is 41.7 Å². The molecule has 0 bridgehead atoms. The minimum Gasteiger partial charge on any atom is -0.497 e. The molecule has 0 heterocycles. The molecule has 28 heavy (non-hydrogen) atoms. The summed E-state index contributed by atoms with van der Waals surface area (Å²) in [6, 6.07) is 7.79. The van der Waals surface area contributed by atoms with Crippen LogP contribution in [0.1, 0.15) is 39.7 Å². The van der Waals surface area contributed by atoms with Crippen molar-refractivity contribution < 1.29 is 23.4 Å². The second-order valence-electron chi connectivity index (χ2n) is 8.45. The van der Waals surface area contributed by atoms with Crippen molar-refractivity contribution in [1.82, 2.24) is 0 Å². The van der Waals surface area contributed by atoms with Gasteiger partial charge in [-0.15, -0.1) is 0 Å². The van der Waals surface area contributed by atoms with Crippen molar-refractivity contribution in [1.29, 1.82) is 0 Å². The van der Waals surface area contributed by atoms with E-state index in [1.807, 2.05) is 31.2 Å². The molecule has 5 nitrogen and oxygen atoms in total. The van der Waals surface area contributed by atoms with Gasteiger partial charge in [0, 0.05) is 0 Å². The highest BCUT2D eigenvalue weighted by molar-refractivity contribution is 6.74. The summed E-state index contributed by atoms with van der Waals surface area (Å²) < 4.78 is 22.1. The Bertz CT molecular complexity index is 656. The molecule has 0 aromatic heterocycles. The van der Waals surface area contributed by atoms with Crippen LogP contribution in [0.2, 0.25) is 18.1 Å². The molecule has 1 aromatic carbocycles. The molecule has 6 heteroatoms. The predicted octanol–water partition coefficient (Wildman–Crippen LogP) is 5.11. The van der Waals surface area contributed by atoms with Gasteiger partial charge in [0.05, 0.1) is 39.6 Å². The lowest BCUT2D eigenvalue weighted by Crippen LogP contribution is -2.41. The van der Waals surface area contributed by atoms with Gasteiger partial charge in [0.1, 0.15) is 5.75 Å². The predicted molar refractivity (Wildman–Crippen MR) is 115 cm³/mol. The maximum absolute atomic E-state index is 12.2. The number of hydrogen-bond donors (Lipinski definition) is 0. The molecule has 0 N–H and O–H groups in total. The highest BCUT2D eigenvalue weighted by Gasteiger charge is 2.37. The highest BCUT2D eigenvalue weighted by atomic mass is 28.4. The van der Waals surface area contributed by atoms with Gasteiger partial charge in [0.25, 0.3) is 0 Å². The molecule has 0 amide bonds. The fourth-order valence-corrected chi connectivity index (χ4v) is 3.17. The molecule has 0 radical (unpaired) electrons. The first-order chi connectivity index (χ1) is 13.0. The van der Waals surface area contributed by atoms with Gasteiger partial charge >= 0.3 is 5.97 Å². The molecule has 0 spiro atoms. The van der Waals surface area contributed by atoms with Gasteiger partial charge in [-0.05, 0) is 49.2 Å². The molecule has 0 aliphatic heterocycles. The van der Waals surface area contributed by atoms with E-state index in [9.17, 15) is 4.79 Å². The molecule has 0 atom stereocenters. The zero-order valence-electron chi connectivity index (χ0n) is 18.7. The van der Waals surface area contributed by atoms with E-state index in [0.717, 1.165) is 16.9 Å². The number of carbonyl (C=O) groups is 1. The summed E-state index contributed by atoms with van der Waals surface area (Å²) >= 11 is 0. The normalized spacial score (nSPS) is 13.1. The molecule has 0 aliphatic rings. The summed E-state index contributed by atoms with van der Waals surface area (Å²) in [6.07, 6.45) is 0.654. The third-order valence-electron chi connectivity index (χ3n) is 5.38. The van der Waals surface area contributed by atoms with Crippen LogP contribution in [-0.2, 0) is 25.3 Å². The Balaban J connectivity index is 2.65. The van der Waals surface area contributed by atoms with Gasteiger partial charge in [-0.2, -0.15) is 0 Å². The quantitative estimate of drug-likeness (QED) is 0.233. The molecule has 0 unspecified atom stereocenters. The van der Waals surface area contributed by atoms with Crippen molar-refractivity contribution in [2.45, 2.75) is 58.9 Å². The largest absolute Gasteiger partial charge is 0.497 e. The first-order valence-corrected chi connectivity index (χ1v) is 12.5. The van der Waals surface area contributed by atoms with Crippen molar-refractivity contribution in [2.24, 2.45) is 0 Å². The summed E-state index contributed by atoms with van der Waals surface area (Å²) in [5.41, 5.74) is 2.62. The fraction of sp³-hybridized carbons (Fsp3) is 0.591. The zero-order chi connectivity index (χ0) is 21.4. The van der Waals surface area contributed by atoms with Crippen LogP contribution in [0.3, 0.4) is 0 Å². The smallest absolute Gasteiger partial charge is 0.335 e. The Labute approximate surface area is 171 Å². The number of benzene rings is 1. The number of hydrogen-bond acceptors (Lipinski definition) is 5. The van der Waals surface area contributed by atoms with Gasteiger partial charge in [-0.25, -0.2) is 4.79 Å². The van der Waals surface area contributed by atoms with E-state index in [0.29, 0.717) is 25.2 Å². The van der Waals surface area contributed by atoms with Crippen molar-refractivity contribution in [3.63, 3.8) is 0 Å². The summed E-state index contributed by atoms with van der Waals surface area (Å²) in [4.78, 5) is 12.2. The highest BCUT2D eigenvalue weighted by Crippen LogP contribution is 2.37. The van der Waals surface area contributed by atoms with Crippen LogP contribution >= 0.6 is 0 Å². The van der Waals surface area contributed by atoms with E-state index in [1.54, 1.807) is 7.11 Å². The lowest BCUT2D eigenvalue weighted by Gasteiger charge is -2.36. The van der Waals surface area contributed by atoms with Crippen molar-refractivity contribution in [2.75, 3.05) is 27.4 Å². The Hall–Kier alpha value is -1.63. The van der Waals surface area contributed by atoms with Gasteiger partial charge in [-0.1, -0.05) is 38.5 Å². The molecule has 0 aliphatic carbocycles. The van der Waals surface area contributed by atoms with Crippen molar-refractivity contribution in [3.8, 4) is 5.75 Å². The summed E-state index contributed by atoms with van der Waals surface area (Å²) in [5.74, 6) is 0.498. The first kappa shape index (κ1) is 24.4. The number of esters is 1. The van der Waals surface area contributed by atoms with E-state index in [1.165, 1.54) is 7.11 Å². The Morgan fingerprint density at radius 1 is 1.07 bits per heavy atom. The molecule has 158 valence electrons. The molecule has 1 rings (SSSR count). The summed E-state index contributed by atoms with van der Waals surface area (Å²) in [7, 11) is 1.11. The average molecular weight is 409 g/mol. The lowest BCUT2D eigenvalue weighted by atomic mass is 10.1. The first-order valence-electron chi connectivity index (χ1n) is 9.63. The number of rotatable bonds is 10. The zero-order valence-corrected chi connectivity index (χ0v) is 19.7. The second-order valence-corrected chi connectivity index (χ2v) is 13.3. The minimum absolute atomic E-state index is 0.0869. The molecular weight excluding hydrogens is 372 g/mol. The lowest BCUT2D eigenvalue weighted by molar-refractivity contribution is -0.136. The monoisotopic (exact) mass is 408 g/mol. The van der Waals surface area contributed by atoms with Crippen LogP contribution in [0.5, 0.6) is 5.75 Å². The van der Waals surface area contributed by atoms with Gasteiger partial charge < -0.3 is 18.6 Å². The SMILES string of the molecule is COC(=O)/C(CO[Si](C)(C)C(C)(C)C)=C(\C)CCOCc1ccc(OC)cc1. The van der Waals surface area contributed by atoms with Crippen LogP contribution in [0.15, 0.2) is 35.4 Å². The third kappa shape index (κ3) is 7.41. The average Bonchev–Trinajstić information content (AvgIpc) is 2.64. The molecule has 0 saturated carbocycles. The standard InChI is InChI=1S/C22H36O5Si/c1-17(13-14-26-15-18-9-11-19(24-5)12-10-18)20(21(23)25-6)16-27-28(7,8)22(2,3)4/h9-12H,13-16H2,1-8H3/b20-17+. The molecule has 0 saturated heterocycles. The Morgan fingerprint density at radius 2 is 1.68 bits per heavy atom. The maximum Gasteiger partial charge on any atom is 0.335 e. The maximum atomic E-state index is 12.2. The molecule has 1 aromatic rings. The van der Waals surface area contributed by atoms with Gasteiger partial charge in [0.2, 0.25) is 0 Å². The number of methoxy groups -OCH3 is 2.